The SMILES string of the molecule is CN(c1ccc(S)cc1)c1cc(F)c(F)c(F)c1. The van der Waals surface area contributed by atoms with Crippen LogP contribution in [-0.4, -0.2) is 7.05 Å². The van der Waals surface area contributed by atoms with E-state index in [-0.39, 0.29) is 5.69 Å². The third-order valence-electron chi connectivity index (χ3n) is 2.59. The molecule has 0 saturated carbocycles. The fraction of sp³-hybridized carbons (Fsp3) is 0.0769. The zero-order valence-electron chi connectivity index (χ0n) is 9.49. The number of halogens is 3. The third kappa shape index (κ3) is 2.46. The van der Waals surface area contributed by atoms with Crippen LogP contribution in [-0.2, 0) is 0 Å². The maximum Gasteiger partial charge on any atom is 0.194 e. The van der Waals surface area contributed by atoms with Gasteiger partial charge in [0, 0.05) is 35.5 Å². The van der Waals surface area contributed by atoms with Gasteiger partial charge in [-0.15, -0.1) is 12.6 Å². The van der Waals surface area contributed by atoms with Gasteiger partial charge in [0.1, 0.15) is 0 Å². The van der Waals surface area contributed by atoms with E-state index in [0.29, 0.717) is 0 Å². The second-order valence-electron chi connectivity index (χ2n) is 3.80. The molecule has 0 heterocycles. The molecule has 0 radical (unpaired) electrons. The minimum atomic E-state index is -1.46. The van der Waals surface area contributed by atoms with E-state index in [1.54, 1.807) is 36.2 Å². The Kier molecular flexibility index (Phi) is 3.52. The summed E-state index contributed by atoms with van der Waals surface area (Å²) in [5.41, 5.74) is 0.955. The quantitative estimate of drug-likeness (QED) is 0.633. The van der Waals surface area contributed by atoms with E-state index in [1.807, 2.05) is 0 Å². The van der Waals surface area contributed by atoms with E-state index < -0.39 is 17.5 Å². The normalized spacial score (nSPS) is 10.5. The van der Waals surface area contributed by atoms with E-state index in [0.717, 1.165) is 22.7 Å². The number of hydrogen-bond acceptors (Lipinski definition) is 2. The summed E-state index contributed by atoms with van der Waals surface area (Å²) in [7, 11) is 1.64. The van der Waals surface area contributed by atoms with Crippen molar-refractivity contribution in [3.8, 4) is 0 Å². The standard InChI is InChI=1S/C13H10F3NS/c1-17(8-2-4-10(18)5-3-8)9-6-11(14)13(16)12(15)7-9/h2-7,18H,1H3. The van der Waals surface area contributed by atoms with Gasteiger partial charge in [0.15, 0.2) is 17.5 Å². The summed E-state index contributed by atoms with van der Waals surface area (Å²) in [4.78, 5) is 2.34. The van der Waals surface area contributed by atoms with Crippen molar-refractivity contribution < 1.29 is 13.2 Å². The van der Waals surface area contributed by atoms with Crippen molar-refractivity contribution in [1.29, 1.82) is 0 Å². The predicted octanol–water partition coefficient (Wildman–Crippen LogP) is 4.16. The summed E-state index contributed by atoms with van der Waals surface area (Å²) in [6, 6.07) is 8.92. The minimum Gasteiger partial charge on any atom is -0.344 e. The Morgan fingerprint density at radius 3 is 1.89 bits per heavy atom. The molecule has 0 atom stereocenters. The highest BCUT2D eigenvalue weighted by Crippen LogP contribution is 2.27. The smallest absolute Gasteiger partial charge is 0.194 e. The lowest BCUT2D eigenvalue weighted by molar-refractivity contribution is 0.447. The summed E-state index contributed by atoms with van der Waals surface area (Å²) >= 11 is 4.15. The molecule has 18 heavy (non-hydrogen) atoms. The van der Waals surface area contributed by atoms with Gasteiger partial charge >= 0.3 is 0 Å². The molecule has 0 N–H and O–H groups in total. The first-order chi connectivity index (χ1) is 8.49. The van der Waals surface area contributed by atoms with Crippen LogP contribution in [0.1, 0.15) is 0 Å². The van der Waals surface area contributed by atoms with Crippen LogP contribution < -0.4 is 4.90 Å². The zero-order chi connectivity index (χ0) is 13.3. The Morgan fingerprint density at radius 2 is 1.39 bits per heavy atom. The predicted molar refractivity (Wildman–Crippen MR) is 68.1 cm³/mol. The topological polar surface area (TPSA) is 3.24 Å². The molecule has 0 aliphatic heterocycles. The van der Waals surface area contributed by atoms with Crippen molar-refractivity contribution in [3.63, 3.8) is 0 Å². The minimum absolute atomic E-state index is 0.235. The van der Waals surface area contributed by atoms with Crippen molar-refractivity contribution in [3.05, 3.63) is 53.8 Å². The molecule has 0 saturated heterocycles. The van der Waals surface area contributed by atoms with Gasteiger partial charge in [0.25, 0.3) is 0 Å². The average Bonchev–Trinajstić information content (AvgIpc) is 2.35. The van der Waals surface area contributed by atoms with Gasteiger partial charge in [-0.3, -0.25) is 0 Å². The van der Waals surface area contributed by atoms with Crippen LogP contribution in [0.5, 0.6) is 0 Å². The molecule has 2 rings (SSSR count). The van der Waals surface area contributed by atoms with Crippen LogP contribution in [0, 0.1) is 17.5 Å². The Balaban J connectivity index is 2.39. The van der Waals surface area contributed by atoms with Crippen molar-refractivity contribution >= 4 is 24.0 Å². The largest absolute Gasteiger partial charge is 0.344 e. The third-order valence-corrected chi connectivity index (χ3v) is 2.89. The number of rotatable bonds is 2. The molecule has 0 amide bonds. The Bertz CT molecular complexity index is 546. The van der Waals surface area contributed by atoms with E-state index in [1.165, 1.54) is 0 Å². The fourth-order valence-electron chi connectivity index (χ4n) is 1.56. The molecule has 0 spiro atoms. The summed E-state index contributed by atoms with van der Waals surface area (Å²) in [6.07, 6.45) is 0. The molecule has 0 aliphatic carbocycles. The highest BCUT2D eigenvalue weighted by Gasteiger charge is 2.13. The number of benzene rings is 2. The monoisotopic (exact) mass is 269 g/mol. The number of nitrogens with zero attached hydrogens (tertiary/aromatic N) is 1. The van der Waals surface area contributed by atoms with Crippen LogP contribution in [0.2, 0.25) is 0 Å². The number of thiol groups is 1. The lowest BCUT2D eigenvalue weighted by atomic mass is 10.2. The van der Waals surface area contributed by atoms with Gasteiger partial charge in [-0.05, 0) is 24.3 Å². The maximum atomic E-state index is 13.1. The molecule has 1 nitrogen and oxygen atoms in total. The molecule has 94 valence electrons. The van der Waals surface area contributed by atoms with Gasteiger partial charge in [-0.1, -0.05) is 0 Å². The molecule has 0 aromatic heterocycles. The second kappa shape index (κ2) is 4.94. The van der Waals surface area contributed by atoms with Crippen molar-refractivity contribution in [2.45, 2.75) is 4.90 Å². The van der Waals surface area contributed by atoms with Gasteiger partial charge < -0.3 is 4.90 Å². The van der Waals surface area contributed by atoms with E-state index in [2.05, 4.69) is 12.6 Å². The van der Waals surface area contributed by atoms with Crippen molar-refractivity contribution in [2.75, 3.05) is 11.9 Å². The van der Waals surface area contributed by atoms with Gasteiger partial charge in [0.2, 0.25) is 0 Å². The molecule has 0 aliphatic rings. The molecule has 0 bridgehead atoms. The second-order valence-corrected chi connectivity index (χ2v) is 4.32. The molecular weight excluding hydrogens is 259 g/mol. The molecule has 2 aromatic carbocycles. The Labute approximate surface area is 108 Å². The lowest BCUT2D eigenvalue weighted by Gasteiger charge is -2.20. The molecular formula is C13H10F3NS. The van der Waals surface area contributed by atoms with Crippen LogP contribution in [0.25, 0.3) is 0 Å². The Morgan fingerprint density at radius 1 is 0.889 bits per heavy atom. The van der Waals surface area contributed by atoms with Crippen LogP contribution in [0.4, 0.5) is 24.5 Å². The summed E-state index contributed by atoms with van der Waals surface area (Å²) in [5.74, 6) is -3.87. The molecule has 0 fully saturated rings. The highest BCUT2D eigenvalue weighted by molar-refractivity contribution is 7.80. The van der Waals surface area contributed by atoms with Crippen molar-refractivity contribution in [1.82, 2.24) is 0 Å². The van der Waals surface area contributed by atoms with Gasteiger partial charge in [0.05, 0.1) is 0 Å². The average molecular weight is 269 g/mol. The lowest BCUT2D eigenvalue weighted by Crippen LogP contribution is -2.10. The molecule has 5 heteroatoms. The van der Waals surface area contributed by atoms with Gasteiger partial charge in [-0.2, -0.15) is 0 Å². The number of hydrogen-bond donors (Lipinski definition) is 1. The first-order valence-corrected chi connectivity index (χ1v) is 5.61. The van der Waals surface area contributed by atoms with E-state index >= 15 is 0 Å². The summed E-state index contributed by atoms with van der Waals surface area (Å²) in [5, 5.41) is 0. The summed E-state index contributed by atoms with van der Waals surface area (Å²) in [6.45, 7) is 0. The number of anilines is 2. The van der Waals surface area contributed by atoms with E-state index in [9.17, 15) is 13.2 Å². The molecule has 2 aromatic rings. The maximum absolute atomic E-state index is 13.1. The van der Waals surface area contributed by atoms with Crippen LogP contribution in [0.15, 0.2) is 41.3 Å². The van der Waals surface area contributed by atoms with Crippen LogP contribution >= 0.6 is 12.6 Å². The van der Waals surface area contributed by atoms with Crippen LogP contribution in [0.3, 0.4) is 0 Å². The van der Waals surface area contributed by atoms with E-state index in [4.69, 9.17) is 0 Å². The first kappa shape index (κ1) is 12.8. The Hall–Kier alpha value is -1.62. The summed E-state index contributed by atoms with van der Waals surface area (Å²) < 4.78 is 39.1. The fourth-order valence-corrected chi connectivity index (χ4v) is 1.71. The zero-order valence-corrected chi connectivity index (χ0v) is 10.4. The van der Waals surface area contributed by atoms with Gasteiger partial charge in [-0.25, -0.2) is 13.2 Å². The van der Waals surface area contributed by atoms with Crippen molar-refractivity contribution in [2.24, 2.45) is 0 Å². The first-order valence-electron chi connectivity index (χ1n) is 5.16. The highest BCUT2D eigenvalue weighted by atomic mass is 32.1. The molecule has 0 unspecified atom stereocenters.